The number of carbonyl (C=O) groups excluding carboxylic acids is 2. The van der Waals surface area contributed by atoms with Gasteiger partial charge in [0.2, 0.25) is 0 Å². The molecule has 4 rings (SSSR count). The highest BCUT2D eigenvalue weighted by atomic mass is 16.5. The summed E-state index contributed by atoms with van der Waals surface area (Å²) in [7, 11) is 0. The number of hydrogen-bond donors (Lipinski definition) is 0. The van der Waals surface area contributed by atoms with Gasteiger partial charge in [-0.05, 0) is 37.0 Å². The van der Waals surface area contributed by atoms with Crippen molar-refractivity contribution >= 4 is 29.1 Å². The molecule has 1 aromatic heterocycles. The largest absolute Gasteiger partial charge is 0.459 e. The summed E-state index contributed by atoms with van der Waals surface area (Å²) in [5, 5.41) is 0. The Kier molecular flexibility index (Phi) is 5.46. The predicted octanol–water partition coefficient (Wildman–Crippen LogP) is 3.86. The average molecular weight is 394 g/mol. The Bertz CT molecular complexity index is 1010. The molecule has 150 valence electrons. The second-order valence-corrected chi connectivity index (χ2v) is 7.02. The molecule has 7 heteroatoms. The Hall–Kier alpha value is -3.35. The van der Waals surface area contributed by atoms with Crippen molar-refractivity contribution in [2.75, 3.05) is 11.4 Å². The average Bonchev–Trinajstić information content (AvgIpc) is 3.15. The number of aromatic nitrogens is 1. The molecule has 0 amide bonds. The molecule has 1 atom stereocenters. The topological polar surface area (TPSA) is 81.9 Å². The number of hydrogen-bond acceptors (Lipinski definition) is 7. The summed E-state index contributed by atoms with van der Waals surface area (Å²) in [6.07, 6.45) is 2.57. The molecule has 1 aliphatic rings. The minimum Gasteiger partial charge on any atom is -0.459 e. The van der Waals surface area contributed by atoms with Crippen molar-refractivity contribution in [2.45, 2.75) is 38.8 Å². The van der Waals surface area contributed by atoms with Crippen LogP contribution in [0, 0.1) is 0 Å². The highest BCUT2D eigenvalue weighted by Crippen LogP contribution is 2.30. The standard InChI is InChI=1S/C22H22N2O5/c1-15(25)28-17-10-11-18-20(13-17)29-22(23-18)24-12-6-5-9-19(24)21(26)27-14-16-7-3-2-4-8-16/h2-4,7-8,10-11,13,19H,5-6,9,12,14H2,1H3/t19-/m0/s1. The van der Waals surface area contributed by atoms with E-state index in [0.29, 0.717) is 35.8 Å². The van der Waals surface area contributed by atoms with E-state index in [-0.39, 0.29) is 12.6 Å². The monoisotopic (exact) mass is 394 g/mol. The number of fused-ring (bicyclic) bond motifs is 1. The Balaban J connectivity index is 1.52. The molecule has 29 heavy (non-hydrogen) atoms. The zero-order valence-electron chi connectivity index (χ0n) is 16.2. The molecule has 2 heterocycles. The van der Waals surface area contributed by atoms with Gasteiger partial charge >= 0.3 is 11.9 Å². The van der Waals surface area contributed by atoms with Gasteiger partial charge in [0.05, 0.1) is 0 Å². The molecule has 0 aliphatic carbocycles. The second-order valence-electron chi connectivity index (χ2n) is 7.02. The van der Waals surface area contributed by atoms with Gasteiger partial charge in [-0.25, -0.2) is 4.79 Å². The zero-order valence-corrected chi connectivity index (χ0v) is 16.2. The number of oxazole rings is 1. The second kappa shape index (κ2) is 8.34. The number of rotatable bonds is 5. The van der Waals surface area contributed by atoms with E-state index in [0.717, 1.165) is 18.4 Å². The van der Waals surface area contributed by atoms with Crippen LogP contribution in [0.15, 0.2) is 52.9 Å². The van der Waals surface area contributed by atoms with Crippen LogP contribution < -0.4 is 9.64 Å². The van der Waals surface area contributed by atoms with Gasteiger partial charge in [-0.1, -0.05) is 30.3 Å². The molecule has 1 saturated heterocycles. The molecule has 0 bridgehead atoms. The molecule has 0 saturated carbocycles. The van der Waals surface area contributed by atoms with Gasteiger partial charge in [0.1, 0.15) is 23.9 Å². The van der Waals surface area contributed by atoms with Crippen molar-refractivity contribution in [3.63, 3.8) is 0 Å². The van der Waals surface area contributed by atoms with E-state index in [2.05, 4.69) is 4.98 Å². The summed E-state index contributed by atoms with van der Waals surface area (Å²) in [6.45, 7) is 2.24. The smallest absolute Gasteiger partial charge is 0.329 e. The van der Waals surface area contributed by atoms with E-state index in [4.69, 9.17) is 13.9 Å². The molecule has 0 radical (unpaired) electrons. The van der Waals surface area contributed by atoms with Gasteiger partial charge in [0.25, 0.3) is 6.01 Å². The fraction of sp³-hybridized carbons (Fsp3) is 0.318. The lowest BCUT2D eigenvalue weighted by Gasteiger charge is -2.32. The maximum atomic E-state index is 12.8. The van der Waals surface area contributed by atoms with Crippen LogP contribution >= 0.6 is 0 Å². The Labute approximate surface area is 168 Å². The quantitative estimate of drug-likeness (QED) is 0.480. The van der Waals surface area contributed by atoms with Crippen molar-refractivity contribution < 1.29 is 23.5 Å². The molecule has 0 unspecified atom stereocenters. The lowest BCUT2D eigenvalue weighted by atomic mass is 10.0. The molecule has 1 fully saturated rings. The Morgan fingerprint density at radius 3 is 2.79 bits per heavy atom. The first kappa shape index (κ1) is 19.0. The van der Waals surface area contributed by atoms with Crippen LogP contribution in [0.3, 0.4) is 0 Å². The molecular formula is C22H22N2O5. The molecule has 1 aliphatic heterocycles. The third kappa shape index (κ3) is 4.39. The first-order valence-electron chi connectivity index (χ1n) is 9.66. The number of benzene rings is 2. The van der Waals surface area contributed by atoms with Gasteiger partial charge in [-0.15, -0.1) is 0 Å². The van der Waals surface area contributed by atoms with Crippen LogP contribution in [-0.4, -0.2) is 29.5 Å². The van der Waals surface area contributed by atoms with Gasteiger partial charge in [0, 0.05) is 19.5 Å². The fourth-order valence-electron chi connectivity index (χ4n) is 3.48. The van der Waals surface area contributed by atoms with E-state index in [1.807, 2.05) is 35.2 Å². The maximum absolute atomic E-state index is 12.8. The highest BCUT2D eigenvalue weighted by molar-refractivity contribution is 5.82. The molecule has 0 spiro atoms. The maximum Gasteiger partial charge on any atom is 0.329 e. The van der Waals surface area contributed by atoms with Crippen LogP contribution in [0.1, 0.15) is 31.7 Å². The van der Waals surface area contributed by atoms with Crippen molar-refractivity contribution in [1.29, 1.82) is 0 Å². The van der Waals surface area contributed by atoms with Gasteiger partial charge < -0.3 is 18.8 Å². The van der Waals surface area contributed by atoms with E-state index in [1.54, 1.807) is 18.2 Å². The lowest BCUT2D eigenvalue weighted by molar-refractivity contribution is -0.147. The van der Waals surface area contributed by atoms with Crippen LogP contribution in [-0.2, 0) is 20.9 Å². The van der Waals surface area contributed by atoms with Crippen LogP contribution in [0.5, 0.6) is 5.75 Å². The minimum atomic E-state index is -0.437. The normalized spacial score (nSPS) is 16.6. The Morgan fingerprint density at radius 1 is 1.17 bits per heavy atom. The number of nitrogens with zero attached hydrogens (tertiary/aromatic N) is 2. The first-order valence-corrected chi connectivity index (χ1v) is 9.66. The van der Waals surface area contributed by atoms with Gasteiger partial charge in [-0.2, -0.15) is 4.98 Å². The van der Waals surface area contributed by atoms with E-state index in [1.165, 1.54) is 6.92 Å². The third-order valence-corrected chi connectivity index (χ3v) is 4.85. The van der Waals surface area contributed by atoms with Crippen molar-refractivity contribution in [1.82, 2.24) is 4.98 Å². The minimum absolute atomic E-state index is 0.239. The van der Waals surface area contributed by atoms with Crippen LogP contribution in [0.25, 0.3) is 11.1 Å². The summed E-state index contributed by atoms with van der Waals surface area (Å²) in [5.41, 5.74) is 2.08. The Morgan fingerprint density at radius 2 is 2.00 bits per heavy atom. The summed E-state index contributed by atoms with van der Waals surface area (Å²) in [4.78, 5) is 30.3. The van der Waals surface area contributed by atoms with E-state index < -0.39 is 12.0 Å². The summed E-state index contributed by atoms with van der Waals surface area (Å²) in [5.74, 6) is -0.289. The first-order chi connectivity index (χ1) is 14.1. The van der Waals surface area contributed by atoms with Crippen molar-refractivity contribution in [2.24, 2.45) is 0 Å². The van der Waals surface area contributed by atoms with E-state index >= 15 is 0 Å². The molecule has 0 N–H and O–H groups in total. The number of piperidine rings is 1. The third-order valence-electron chi connectivity index (χ3n) is 4.85. The van der Waals surface area contributed by atoms with Crippen molar-refractivity contribution in [3.8, 4) is 5.75 Å². The fourth-order valence-corrected chi connectivity index (χ4v) is 3.48. The van der Waals surface area contributed by atoms with Crippen LogP contribution in [0.2, 0.25) is 0 Å². The SMILES string of the molecule is CC(=O)Oc1ccc2nc(N3CCCC[C@H]3C(=O)OCc3ccccc3)oc2c1. The number of anilines is 1. The summed E-state index contributed by atoms with van der Waals surface area (Å²) in [6, 6.07) is 14.6. The summed E-state index contributed by atoms with van der Waals surface area (Å²) >= 11 is 0. The predicted molar refractivity (Wildman–Crippen MR) is 107 cm³/mol. The molecule has 2 aromatic carbocycles. The van der Waals surface area contributed by atoms with Crippen LogP contribution in [0.4, 0.5) is 6.01 Å². The molecule has 7 nitrogen and oxygen atoms in total. The molecular weight excluding hydrogens is 372 g/mol. The van der Waals surface area contributed by atoms with E-state index in [9.17, 15) is 9.59 Å². The lowest BCUT2D eigenvalue weighted by Crippen LogP contribution is -2.45. The van der Waals surface area contributed by atoms with Gasteiger partial charge in [-0.3, -0.25) is 4.79 Å². The van der Waals surface area contributed by atoms with Crippen molar-refractivity contribution in [3.05, 3.63) is 54.1 Å². The number of carbonyl (C=O) groups is 2. The number of esters is 2. The molecule has 3 aromatic rings. The van der Waals surface area contributed by atoms with Gasteiger partial charge in [0.15, 0.2) is 5.58 Å². The summed E-state index contributed by atoms with van der Waals surface area (Å²) < 4.78 is 16.5. The highest BCUT2D eigenvalue weighted by Gasteiger charge is 2.33. The number of ether oxygens (including phenoxy) is 2. The zero-order chi connectivity index (χ0) is 20.2.